The normalized spacial score (nSPS) is 25.7. The monoisotopic (exact) mass is 228 g/mol. The highest BCUT2D eigenvalue weighted by Gasteiger charge is 2.29. The molecule has 1 aliphatic rings. The van der Waals surface area contributed by atoms with E-state index >= 15 is 0 Å². The van der Waals surface area contributed by atoms with Crippen molar-refractivity contribution in [2.24, 2.45) is 5.41 Å². The molecule has 1 N–H and O–H groups in total. The van der Waals surface area contributed by atoms with Gasteiger partial charge in [0, 0.05) is 25.2 Å². The minimum Gasteiger partial charge on any atom is -0.378 e. The van der Waals surface area contributed by atoms with Crippen molar-refractivity contribution in [1.82, 2.24) is 10.2 Å². The molecule has 0 saturated carbocycles. The lowest BCUT2D eigenvalue weighted by Gasteiger charge is -2.40. The van der Waals surface area contributed by atoms with Gasteiger partial charge in [0.15, 0.2) is 0 Å². The van der Waals surface area contributed by atoms with Crippen LogP contribution >= 0.6 is 0 Å². The third kappa shape index (κ3) is 3.72. The summed E-state index contributed by atoms with van der Waals surface area (Å²) in [6, 6.07) is 1.14. The number of morpholine rings is 1. The van der Waals surface area contributed by atoms with E-state index in [0.29, 0.717) is 17.5 Å². The number of nitrogens with zero attached hydrogens (tertiary/aromatic N) is 1. The first-order valence-corrected chi connectivity index (χ1v) is 6.48. The van der Waals surface area contributed by atoms with Crippen LogP contribution in [0.5, 0.6) is 0 Å². The molecule has 0 aliphatic carbocycles. The van der Waals surface area contributed by atoms with Gasteiger partial charge in [-0.1, -0.05) is 27.7 Å². The van der Waals surface area contributed by atoms with Crippen molar-refractivity contribution < 1.29 is 4.74 Å². The molecule has 0 spiro atoms. The Morgan fingerprint density at radius 1 is 1.44 bits per heavy atom. The van der Waals surface area contributed by atoms with Crippen LogP contribution in [0.25, 0.3) is 0 Å². The topological polar surface area (TPSA) is 24.5 Å². The molecule has 1 rings (SSSR count). The number of likely N-dealkylation sites (N-methyl/N-ethyl adjacent to an activating group) is 1. The van der Waals surface area contributed by atoms with Gasteiger partial charge in [-0.25, -0.2) is 0 Å². The minimum absolute atomic E-state index is 0.311. The van der Waals surface area contributed by atoms with Crippen LogP contribution in [0.15, 0.2) is 0 Å². The molecule has 1 heterocycles. The largest absolute Gasteiger partial charge is 0.378 e. The zero-order chi connectivity index (χ0) is 12.2. The summed E-state index contributed by atoms with van der Waals surface area (Å²) in [5.74, 6) is 0. The highest BCUT2D eigenvalue weighted by Crippen LogP contribution is 2.21. The van der Waals surface area contributed by atoms with Crippen LogP contribution in [0.2, 0.25) is 0 Å². The minimum atomic E-state index is 0.311. The maximum Gasteiger partial charge on any atom is 0.0622 e. The van der Waals surface area contributed by atoms with Crippen molar-refractivity contribution in [3.8, 4) is 0 Å². The van der Waals surface area contributed by atoms with E-state index in [0.717, 1.165) is 26.3 Å². The summed E-state index contributed by atoms with van der Waals surface area (Å²) < 4.78 is 5.54. The van der Waals surface area contributed by atoms with E-state index < -0.39 is 0 Å². The van der Waals surface area contributed by atoms with E-state index in [1.54, 1.807) is 0 Å². The van der Waals surface area contributed by atoms with Gasteiger partial charge in [0.25, 0.3) is 0 Å². The fourth-order valence-electron chi connectivity index (χ4n) is 2.34. The van der Waals surface area contributed by atoms with Crippen LogP contribution in [-0.2, 0) is 4.74 Å². The van der Waals surface area contributed by atoms with Gasteiger partial charge in [-0.3, -0.25) is 4.90 Å². The molecule has 1 saturated heterocycles. The van der Waals surface area contributed by atoms with E-state index in [1.807, 2.05) is 0 Å². The molecule has 3 heteroatoms. The summed E-state index contributed by atoms with van der Waals surface area (Å²) in [5, 5.41) is 3.45. The lowest BCUT2D eigenvalue weighted by atomic mass is 9.86. The molecule has 0 radical (unpaired) electrons. The molecule has 0 bridgehead atoms. The molecule has 0 aromatic rings. The molecule has 0 amide bonds. The Morgan fingerprint density at radius 3 is 2.62 bits per heavy atom. The van der Waals surface area contributed by atoms with Gasteiger partial charge in [-0.05, 0) is 18.9 Å². The van der Waals surface area contributed by atoms with E-state index in [4.69, 9.17) is 4.74 Å². The average molecular weight is 228 g/mol. The predicted molar refractivity (Wildman–Crippen MR) is 68.8 cm³/mol. The molecule has 3 nitrogen and oxygen atoms in total. The highest BCUT2D eigenvalue weighted by atomic mass is 16.5. The summed E-state index contributed by atoms with van der Waals surface area (Å²) in [4.78, 5) is 2.58. The number of nitrogens with one attached hydrogen (secondary N) is 1. The lowest BCUT2D eigenvalue weighted by Crippen LogP contribution is -2.53. The zero-order valence-electron chi connectivity index (χ0n) is 11.5. The van der Waals surface area contributed by atoms with Gasteiger partial charge in [-0.15, -0.1) is 0 Å². The molecule has 96 valence electrons. The Balaban J connectivity index is 2.55. The Hall–Kier alpha value is -0.120. The van der Waals surface area contributed by atoms with Gasteiger partial charge >= 0.3 is 0 Å². The second kappa shape index (κ2) is 5.99. The van der Waals surface area contributed by atoms with Crippen molar-refractivity contribution in [3.63, 3.8) is 0 Å². The van der Waals surface area contributed by atoms with Crippen molar-refractivity contribution >= 4 is 0 Å². The first-order chi connectivity index (χ1) is 7.49. The van der Waals surface area contributed by atoms with E-state index in [9.17, 15) is 0 Å². The molecule has 2 atom stereocenters. The van der Waals surface area contributed by atoms with Gasteiger partial charge in [0.1, 0.15) is 0 Å². The third-order valence-electron chi connectivity index (χ3n) is 3.63. The number of hydrogen-bond donors (Lipinski definition) is 1. The van der Waals surface area contributed by atoms with Crippen molar-refractivity contribution in [3.05, 3.63) is 0 Å². The maximum atomic E-state index is 5.54. The maximum absolute atomic E-state index is 5.54. The van der Waals surface area contributed by atoms with Crippen molar-refractivity contribution in [2.75, 3.05) is 33.4 Å². The smallest absolute Gasteiger partial charge is 0.0622 e. The van der Waals surface area contributed by atoms with Gasteiger partial charge in [0.2, 0.25) is 0 Å². The van der Waals surface area contributed by atoms with Crippen LogP contribution in [0.3, 0.4) is 0 Å². The molecule has 0 aromatic carbocycles. The quantitative estimate of drug-likeness (QED) is 0.793. The Labute approximate surface area is 101 Å². The van der Waals surface area contributed by atoms with Gasteiger partial charge in [-0.2, -0.15) is 0 Å². The summed E-state index contributed by atoms with van der Waals surface area (Å²) in [6.45, 7) is 13.1. The molecular formula is C13H28N2O. The molecule has 2 unspecified atom stereocenters. The number of rotatable bonds is 4. The molecule has 1 fully saturated rings. The molecule has 16 heavy (non-hydrogen) atoms. The van der Waals surface area contributed by atoms with Crippen LogP contribution < -0.4 is 5.32 Å². The first kappa shape index (κ1) is 13.9. The number of ether oxygens (including phenoxy) is 1. The van der Waals surface area contributed by atoms with E-state index in [2.05, 4.69) is 45.0 Å². The van der Waals surface area contributed by atoms with Crippen LogP contribution in [-0.4, -0.2) is 50.3 Å². The van der Waals surface area contributed by atoms with Crippen LogP contribution in [0.4, 0.5) is 0 Å². The second-order valence-corrected chi connectivity index (χ2v) is 5.84. The molecular weight excluding hydrogens is 200 g/mol. The fourth-order valence-corrected chi connectivity index (χ4v) is 2.34. The lowest BCUT2D eigenvalue weighted by molar-refractivity contribution is -0.0179. The fraction of sp³-hybridized carbons (Fsp3) is 1.00. The van der Waals surface area contributed by atoms with E-state index in [1.165, 1.54) is 6.42 Å². The predicted octanol–water partition coefficient (Wildman–Crippen LogP) is 1.73. The molecule has 1 aliphatic heterocycles. The first-order valence-electron chi connectivity index (χ1n) is 6.48. The summed E-state index contributed by atoms with van der Waals surface area (Å²) in [5.41, 5.74) is 0.311. The highest BCUT2D eigenvalue weighted by molar-refractivity contribution is 4.85. The Bertz CT molecular complexity index is 201. The van der Waals surface area contributed by atoms with Crippen LogP contribution in [0, 0.1) is 5.41 Å². The molecule has 0 aromatic heterocycles. The summed E-state index contributed by atoms with van der Waals surface area (Å²) in [6.07, 6.45) is 1.18. The SMILES string of the molecule is CCC1COCCN1CC(NC)C(C)(C)C. The average Bonchev–Trinajstić information content (AvgIpc) is 2.24. The third-order valence-corrected chi connectivity index (χ3v) is 3.63. The summed E-state index contributed by atoms with van der Waals surface area (Å²) in [7, 11) is 2.07. The number of hydrogen-bond acceptors (Lipinski definition) is 3. The van der Waals surface area contributed by atoms with Gasteiger partial charge in [0.05, 0.1) is 13.2 Å². The van der Waals surface area contributed by atoms with Gasteiger partial charge < -0.3 is 10.1 Å². The second-order valence-electron chi connectivity index (χ2n) is 5.84. The van der Waals surface area contributed by atoms with Crippen LogP contribution in [0.1, 0.15) is 34.1 Å². The summed E-state index contributed by atoms with van der Waals surface area (Å²) >= 11 is 0. The van der Waals surface area contributed by atoms with Crippen molar-refractivity contribution in [2.45, 2.75) is 46.2 Å². The Kier molecular flexibility index (Phi) is 5.22. The standard InChI is InChI=1S/C13H28N2O/c1-6-11-10-16-8-7-15(11)9-12(14-5)13(2,3)4/h11-12,14H,6-10H2,1-5H3. The Morgan fingerprint density at radius 2 is 2.12 bits per heavy atom. The van der Waals surface area contributed by atoms with Crippen molar-refractivity contribution in [1.29, 1.82) is 0 Å². The van der Waals surface area contributed by atoms with E-state index in [-0.39, 0.29) is 0 Å². The zero-order valence-corrected chi connectivity index (χ0v) is 11.5.